The number of carbonyl (C=O) groups is 1. The van der Waals surface area contributed by atoms with Gasteiger partial charge in [-0.15, -0.1) is 0 Å². The maximum absolute atomic E-state index is 14.5. The van der Waals surface area contributed by atoms with Gasteiger partial charge in [0.2, 0.25) is 5.88 Å². The van der Waals surface area contributed by atoms with E-state index in [1.165, 1.54) is 12.1 Å². The normalized spacial score (nSPS) is 24.9. The van der Waals surface area contributed by atoms with E-state index in [0.29, 0.717) is 19.4 Å². The molecule has 0 radical (unpaired) electrons. The molecule has 3 heterocycles. The lowest BCUT2D eigenvalue weighted by atomic mass is 9.95. The molecule has 2 aliphatic heterocycles. The van der Waals surface area contributed by atoms with Crippen molar-refractivity contribution in [3.63, 3.8) is 0 Å². The van der Waals surface area contributed by atoms with Crippen molar-refractivity contribution < 1.29 is 32.2 Å². The van der Waals surface area contributed by atoms with Crippen molar-refractivity contribution >= 4 is 17.6 Å². The van der Waals surface area contributed by atoms with Crippen LogP contribution in [0.3, 0.4) is 0 Å². The van der Waals surface area contributed by atoms with Crippen molar-refractivity contribution in [2.24, 2.45) is 0 Å². The first-order valence-electron chi connectivity index (χ1n) is 11.3. The molecular formula is C24H23ClF4N2O3. The van der Waals surface area contributed by atoms with Crippen molar-refractivity contribution in [2.45, 2.75) is 75.4 Å². The van der Waals surface area contributed by atoms with Gasteiger partial charge in [0.05, 0.1) is 11.1 Å². The van der Waals surface area contributed by atoms with Gasteiger partial charge in [-0.1, -0.05) is 11.6 Å². The molecule has 3 fully saturated rings. The number of fused-ring (bicyclic) bond motifs is 2. The van der Waals surface area contributed by atoms with Gasteiger partial charge >= 0.3 is 12.1 Å². The van der Waals surface area contributed by atoms with Gasteiger partial charge in [0.25, 0.3) is 0 Å². The number of alkyl halides is 3. The number of aromatic nitrogens is 1. The summed E-state index contributed by atoms with van der Waals surface area (Å²) in [7, 11) is 0. The van der Waals surface area contributed by atoms with Crippen LogP contribution < -0.4 is 4.74 Å². The van der Waals surface area contributed by atoms with Crippen LogP contribution in [0.25, 0.3) is 0 Å². The SMILES string of the molecule is O=C(O)c1cc(C2CC2)c(CN2C3CCC2CC(Oc2ncc(C(F)(F)F)cc2Cl)C3)cc1F. The van der Waals surface area contributed by atoms with E-state index in [9.17, 15) is 27.5 Å². The third-order valence-electron chi connectivity index (χ3n) is 7.08. The fourth-order valence-corrected chi connectivity index (χ4v) is 5.52. The third-order valence-corrected chi connectivity index (χ3v) is 7.35. The zero-order chi connectivity index (χ0) is 24.2. The second-order valence-corrected chi connectivity index (χ2v) is 9.79. The molecule has 5 rings (SSSR count). The highest BCUT2D eigenvalue weighted by Crippen LogP contribution is 2.45. The monoisotopic (exact) mass is 498 g/mol. The van der Waals surface area contributed by atoms with Gasteiger partial charge in [0.15, 0.2) is 0 Å². The van der Waals surface area contributed by atoms with Gasteiger partial charge in [0.1, 0.15) is 16.9 Å². The average molecular weight is 499 g/mol. The van der Waals surface area contributed by atoms with Crippen LogP contribution in [-0.2, 0) is 12.7 Å². The highest BCUT2D eigenvalue weighted by Gasteiger charge is 2.42. The first kappa shape index (κ1) is 23.4. The smallest absolute Gasteiger partial charge is 0.417 e. The maximum atomic E-state index is 14.5. The molecule has 1 aromatic heterocycles. The third kappa shape index (κ3) is 4.60. The minimum atomic E-state index is -4.53. The summed E-state index contributed by atoms with van der Waals surface area (Å²) in [5, 5.41) is 9.12. The van der Waals surface area contributed by atoms with Crippen molar-refractivity contribution in [1.82, 2.24) is 9.88 Å². The Labute approximate surface area is 198 Å². The van der Waals surface area contributed by atoms with Crippen molar-refractivity contribution in [2.75, 3.05) is 0 Å². The second kappa shape index (κ2) is 8.68. The fraction of sp³-hybridized carbons (Fsp3) is 0.500. The van der Waals surface area contributed by atoms with Crippen LogP contribution in [-0.4, -0.2) is 39.1 Å². The molecule has 3 aliphatic rings. The average Bonchev–Trinajstić information content (AvgIpc) is 3.56. The summed E-state index contributed by atoms with van der Waals surface area (Å²) < 4.78 is 59.0. The van der Waals surface area contributed by atoms with Gasteiger partial charge in [-0.05, 0) is 73.8 Å². The summed E-state index contributed by atoms with van der Waals surface area (Å²) in [6.45, 7) is 0.532. The number of benzene rings is 1. The highest BCUT2D eigenvalue weighted by atomic mass is 35.5. The number of rotatable bonds is 6. The number of carboxylic acid groups (broad SMARTS) is 1. The molecule has 0 amide bonds. The Hall–Kier alpha value is -2.39. The zero-order valence-electron chi connectivity index (χ0n) is 18.1. The van der Waals surface area contributed by atoms with E-state index in [1.807, 2.05) is 0 Å². The molecule has 34 heavy (non-hydrogen) atoms. The summed E-state index contributed by atoms with van der Waals surface area (Å²) in [5.41, 5.74) is 0.528. The molecule has 1 aliphatic carbocycles. The summed E-state index contributed by atoms with van der Waals surface area (Å²) in [6.07, 6.45) is 1.10. The molecule has 5 nitrogen and oxygen atoms in total. The van der Waals surface area contributed by atoms with Crippen LogP contribution in [0.4, 0.5) is 17.6 Å². The Kier molecular flexibility index (Phi) is 5.96. The zero-order valence-corrected chi connectivity index (χ0v) is 18.9. The molecule has 2 atom stereocenters. The van der Waals surface area contributed by atoms with Gasteiger partial charge in [-0.3, -0.25) is 4.90 Å². The largest absolute Gasteiger partial charge is 0.478 e. The summed E-state index contributed by atoms with van der Waals surface area (Å²) in [4.78, 5) is 17.5. The number of ether oxygens (including phenoxy) is 1. The molecular weight excluding hydrogens is 476 g/mol. The van der Waals surface area contributed by atoms with E-state index in [2.05, 4.69) is 9.88 Å². The molecule has 2 unspecified atom stereocenters. The van der Waals surface area contributed by atoms with E-state index in [-0.39, 0.29) is 40.6 Å². The van der Waals surface area contributed by atoms with E-state index in [4.69, 9.17) is 16.3 Å². The lowest BCUT2D eigenvalue weighted by Crippen LogP contribution is -2.46. The lowest BCUT2D eigenvalue weighted by molar-refractivity contribution is -0.137. The number of pyridine rings is 1. The number of carboxylic acids is 1. The van der Waals surface area contributed by atoms with Gasteiger partial charge in [-0.25, -0.2) is 14.2 Å². The van der Waals surface area contributed by atoms with Crippen molar-refractivity contribution in [1.29, 1.82) is 0 Å². The first-order valence-corrected chi connectivity index (χ1v) is 11.7. The van der Waals surface area contributed by atoms with Crippen LogP contribution in [0.15, 0.2) is 24.4 Å². The van der Waals surface area contributed by atoms with Crippen LogP contribution in [0.1, 0.15) is 71.5 Å². The quantitative estimate of drug-likeness (QED) is 0.492. The Morgan fingerprint density at radius 1 is 1.15 bits per heavy atom. The molecule has 10 heteroatoms. The van der Waals surface area contributed by atoms with Crippen LogP contribution in [0.2, 0.25) is 5.02 Å². The fourth-order valence-electron chi connectivity index (χ4n) is 5.31. The van der Waals surface area contributed by atoms with Gasteiger partial charge in [0, 0.05) is 24.8 Å². The minimum absolute atomic E-state index is 0.00475. The molecule has 2 aromatic rings. The molecule has 1 aromatic carbocycles. The summed E-state index contributed by atoms with van der Waals surface area (Å²) in [6, 6.07) is 4.02. The van der Waals surface area contributed by atoms with Crippen LogP contribution in [0.5, 0.6) is 5.88 Å². The van der Waals surface area contributed by atoms with Crippen molar-refractivity contribution in [3.05, 3.63) is 57.5 Å². The predicted octanol–water partition coefficient (Wildman–Crippen LogP) is 6.04. The van der Waals surface area contributed by atoms with Gasteiger partial charge in [-0.2, -0.15) is 13.2 Å². The van der Waals surface area contributed by atoms with Crippen LogP contribution in [0, 0.1) is 5.82 Å². The van der Waals surface area contributed by atoms with Crippen molar-refractivity contribution in [3.8, 4) is 5.88 Å². The lowest BCUT2D eigenvalue weighted by Gasteiger charge is -2.39. The molecule has 2 bridgehead atoms. The number of piperidine rings is 1. The first-order chi connectivity index (χ1) is 16.1. The Balaban J connectivity index is 1.30. The molecule has 2 saturated heterocycles. The topological polar surface area (TPSA) is 62.7 Å². The number of hydrogen-bond donors (Lipinski definition) is 1. The van der Waals surface area contributed by atoms with E-state index in [1.54, 1.807) is 0 Å². The van der Waals surface area contributed by atoms with E-state index < -0.39 is 23.5 Å². The highest BCUT2D eigenvalue weighted by molar-refractivity contribution is 6.31. The second-order valence-electron chi connectivity index (χ2n) is 9.39. The Morgan fingerprint density at radius 3 is 2.38 bits per heavy atom. The standard InChI is InChI=1S/C24H23ClF4N2O3/c25-20-6-14(24(27,28)29)10-30-22(20)34-17-7-15-3-4-16(8-17)31(15)11-13-5-21(26)19(23(32)33)9-18(13)12-1-2-12/h5-6,9-10,12,15-17H,1-4,7-8,11H2,(H,32,33). The van der Waals surface area contributed by atoms with Gasteiger partial charge < -0.3 is 9.84 Å². The molecule has 182 valence electrons. The summed E-state index contributed by atoms with van der Waals surface area (Å²) in [5.74, 6) is -1.71. The molecule has 0 spiro atoms. The molecule has 1 saturated carbocycles. The number of halogens is 5. The number of aromatic carboxylic acids is 1. The number of hydrogen-bond acceptors (Lipinski definition) is 4. The maximum Gasteiger partial charge on any atom is 0.417 e. The van der Waals surface area contributed by atoms with E-state index in [0.717, 1.165) is 49.1 Å². The summed E-state index contributed by atoms with van der Waals surface area (Å²) >= 11 is 6.01. The number of nitrogens with zero attached hydrogens (tertiary/aromatic N) is 2. The van der Waals surface area contributed by atoms with Crippen LogP contribution >= 0.6 is 11.6 Å². The van der Waals surface area contributed by atoms with E-state index >= 15 is 0 Å². The minimum Gasteiger partial charge on any atom is -0.478 e. The molecule has 1 N–H and O–H groups in total. The Morgan fingerprint density at radius 2 is 1.82 bits per heavy atom. The Bertz CT molecular complexity index is 1110. The predicted molar refractivity (Wildman–Crippen MR) is 116 cm³/mol.